The van der Waals surface area contributed by atoms with Gasteiger partial charge in [0.25, 0.3) is 0 Å². The van der Waals surface area contributed by atoms with E-state index in [4.69, 9.17) is 16.3 Å². The number of methoxy groups -OCH3 is 1. The summed E-state index contributed by atoms with van der Waals surface area (Å²) < 4.78 is 5.46. The van der Waals surface area contributed by atoms with Crippen LogP contribution < -0.4 is 10.1 Å². The molecule has 0 spiro atoms. The summed E-state index contributed by atoms with van der Waals surface area (Å²) in [6.45, 7) is 0.589. The van der Waals surface area contributed by atoms with E-state index < -0.39 is 6.04 Å². The van der Waals surface area contributed by atoms with Crippen LogP contribution in [-0.4, -0.2) is 29.9 Å². The standard InChI is InChI=1S/C33H33ClN2O3/c1-39-31-15-9-8-14-28(31)23-35-33(38)30(22-26-12-6-3-7-13-26)36(24-27-16-19-29(34)20-17-27)32(37)21-18-25-10-4-2-5-11-25/h2-17,19-20,30H,18,21-24H2,1H3,(H,35,38). The number of carbonyl (C=O) groups is 2. The fourth-order valence-corrected chi connectivity index (χ4v) is 4.66. The van der Waals surface area contributed by atoms with E-state index in [1.54, 1.807) is 24.1 Å². The Morgan fingerprint density at radius 2 is 1.41 bits per heavy atom. The molecule has 0 aliphatic rings. The number of nitrogens with one attached hydrogen (secondary N) is 1. The molecule has 0 aliphatic heterocycles. The van der Waals surface area contributed by atoms with Crippen molar-refractivity contribution < 1.29 is 14.3 Å². The van der Waals surface area contributed by atoms with Crippen molar-refractivity contribution in [1.82, 2.24) is 10.2 Å². The molecule has 39 heavy (non-hydrogen) atoms. The summed E-state index contributed by atoms with van der Waals surface area (Å²) in [5, 5.41) is 3.69. The Morgan fingerprint density at radius 3 is 2.08 bits per heavy atom. The van der Waals surface area contributed by atoms with Crippen molar-refractivity contribution in [3.05, 3.63) is 136 Å². The number of rotatable bonds is 12. The number of para-hydroxylation sites is 1. The first kappa shape index (κ1) is 27.9. The van der Waals surface area contributed by atoms with E-state index in [1.807, 2.05) is 97.1 Å². The molecule has 1 unspecified atom stereocenters. The summed E-state index contributed by atoms with van der Waals surface area (Å²) in [7, 11) is 1.61. The fraction of sp³-hybridized carbons (Fsp3) is 0.212. The van der Waals surface area contributed by atoms with Crippen LogP contribution in [-0.2, 0) is 35.5 Å². The second kappa shape index (κ2) is 14.2. The highest BCUT2D eigenvalue weighted by Gasteiger charge is 2.30. The van der Waals surface area contributed by atoms with Crippen LogP contribution in [0.25, 0.3) is 0 Å². The van der Waals surface area contributed by atoms with Crippen LogP contribution in [0.1, 0.15) is 28.7 Å². The van der Waals surface area contributed by atoms with Crippen molar-refractivity contribution in [2.45, 2.75) is 38.4 Å². The molecule has 0 aliphatic carbocycles. The molecule has 1 N–H and O–H groups in total. The van der Waals surface area contributed by atoms with Crippen LogP contribution >= 0.6 is 11.6 Å². The topological polar surface area (TPSA) is 58.6 Å². The number of carbonyl (C=O) groups excluding carboxylic acids is 2. The number of amides is 2. The highest BCUT2D eigenvalue weighted by Crippen LogP contribution is 2.20. The molecule has 0 fully saturated rings. The number of benzene rings is 4. The third-order valence-electron chi connectivity index (χ3n) is 6.65. The van der Waals surface area contributed by atoms with E-state index in [-0.39, 0.29) is 11.8 Å². The van der Waals surface area contributed by atoms with Gasteiger partial charge in [-0.1, -0.05) is 103 Å². The molecule has 1 atom stereocenters. The minimum absolute atomic E-state index is 0.0813. The first-order valence-corrected chi connectivity index (χ1v) is 13.4. The second-order valence-corrected chi connectivity index (χ2v) is 9.81. The Hall–Kier alpha value is -4.09. The van der Waals surface area contributed by atoms with E-state index in [0.29, 0.717) is 43.1 Å². The molecular weight excluding hydrogens is 508 g/mol. The summed E-state index contributed by atoms with van der Waals surface area (Å²) in [6, 6.07) is 34.0. The molecule has 0 heterocycles. The highest BCUT2D eigenvalue weighted by atomic mass is 35.5. The maximum absolute atomic E-state index is 13.8. The fourth-order valence-electron chi connectivity index (χ4n) is 4.53. The van der Waals surface area contributed by atoms with Gasteiger partial charge < -0.3 is 15.0 Å². The molecule has 0 aromatic heterocycles. The van der Waals surface area contributed by atoms with Crippen molar-refractivity contribution in [2.24, 2.45) is 0 Å². The first-order valence-electron chi connectivity index (χ1n) is 13.0. The lowest BCUT2D eigenvalue weighted by Crippen LogP contribution is -2.50. The monoisotopic (exact) mass is 540 g/mol. The maximum Gasteiger partial charge on any atom is 0.243 e. The van der Waals surface area contributed by atoms with Crippen LogP contribution in [0.4, 0.5) is 0 Å². The van der Waals surface area contributed by atoms with Gasteiger partial charge in [0.15, 0.2) is 0 Å². The summed E-state index contributed by atoms with van der Waals surface area (Å²) in [5.41, 5.74) is 3.83. The van der Waals surface area contributed by atoms with E-state index in [2.05, 4.69) is 5.32 Å². The summed E-state index contributed by atoms with van der Waals surface area (Å²) >= 11 is 6.12. The SMILES string of the molecule is COc1ccccc1CNC(=O)C(Cc1ccccc1)N(Cc1ccc(Cl)cc1)C(=O)CCc1ccccc1. The molecular formula is C33H33ClN2O3. The van der Waals surface area contributed by atoms with Crippen LogP contribution in [0.2, 0.25) is 5.02 Å². The number of halogens is 1. The Kier molecular flexibility index (Phi) is 10.1. The Labute approximate surface area is 235 Å². The summed E-state index contributed by atoms with van der Waals surface area (Å²) in [5.74, 6) is 0.406. The number of aryl methyl sites for hydroxylation is 1. The normalized spacial score (nSPS) is 11.4. The van der Waals surface area contributed by atoms with E-state index in [0.717, 1.165) is 22.3 Å². The number of ether oxygens (including phenoxy) is 1. The molecule has 4 aromatic rings. The van der Waals surface area contributed by atoms with E-state index >= 15 is 0 Å². The molecule has 4 rings (SSSR count). The van der Waals surface area contributed by atoms with Crippen LogP contribution in [0.5, 0.6) is 5.75 Å². The zero-order chi connectivity index (χ0) is 27.5. The zero-order valence-electron chi connectivity index (χ0n) is 22.1. The Morgan fingerprint density at radius 1 is 0.795 bits per heavy atom. The van der Waals surface area contributed by atoms with Crippen LogP contribution in [0, 0.1) is 0 Å². The van der Waals surface area contributed by atoms with Crippen LogP contribution in [0.15, 0.2) is 109 Å². The molecule has 6 heteroatoms. The number of hydrogen-bond donors (Lipinski definition) is 1. The van der Waals surface area contributed by atoms with Crippen molar-refractivity contribution in [1.29, 1.82) is 0 Å². The molecule has 0 saturated heterocycles. The maximum atomic E-state index is 13.8. The van der Waals surface area contributed by atoms with Crippen molar-refractivity contribution in [2.75, 3.05) is 7.11 Å². The van der Waals surface area contributed by atoms with Crippen molar-refractivity contribution in [3.63, 3.8) is 0 Å². The van der Waals surface area contributed by atoms with Crippen molar-refractivity contribution in [3.8, 4) is 5.75 Å². The summed E-state index contributed by atoms with van der Waals surface area (Å²) in [6.07, 6.45) is 1.28. The second-order valence-electron chi connectivity index (χ2n) is 9.37. The largest absolute Gasteiger partial charge is 0.496 e. The molecule has 2 amide bonds. The smallest absolute Gasteiger partial charge is 0.243 e. The molecule has 0 radical (unpaired) electrons. The molecule has 200 valence electrons. The number of hydrogen-bond acceptors (Lipinski definition) is 3. The van der Waals surface area contributed by atoms with Gasteiger partial charge in [0, 0.05) is 36.5 Å². The quantitative estimate of drug-likeness (QED) is 0.231. The average molecular weight is 541 g/mol. The van der Waals surface area contributed by atoms with Gasteiger partial charge in [-0.2, -0.15) is 0 Å². The van der Waals surface area contributed by atoms with Gasteiger partial charge in [-0.25, -0.2) is 0 Å². The third kappa shape index (κ3) is 8.20. The molecule has 4 aromatic carbocycles. The molecule has 0 saturated carbocycles. The lowest BCUT2D eigenvalue weighted by Gasteiger charge is -2.32. The van der Waals surface area contributed by atoms with Crippen LogP contribution in [0.3, 0.4) is 0 Å². The lowest BCUT2D eigenvalue weighted by atomic mass is 10.0. The van der Waals surface area contributed by atoms with Gasteiger partial charge in [0.05, 0.1) is 7.11 Å². The Bertz CT molecular complexity index is 1340. The average Bonchev–Trinajstić information content (AvgIpc) is 2.98. The first-order chi connectivity index (χ1) is 19.0. The van der Waals surface area contributed by atoms with Gasteiger partial charge in [-0.15, -0.1) is 0 Å². The predicted molar refractivity (Wildman–Crippen MR) is 156 cm³/mol. The van der Waals surface area contributed by atoms with Gasteiger partial charge in [0.1, 0.15) is 11.8 Å². The van der Waals surface area contributed by atoms with Crippen molar-refractivity contribution >= 4 is 23.4 Å². The Balaban J connectivity index is 1.61. The third-order valence-corrected chi connectivity index (χ3v) is 6.91. The zero-order valence-corrected chi connectivity index (χ0v) is 22.8. The highest BCUT2D eigenvalue weighted by molar-refractivity contribution is 6.30. The van der Waals surface area contributed by atoms with E-state index in [9.17, 15) is 9.59 Å². The lowest BCUT2D eigenvalue weighted by molar-refractivity contribution is -0.141. The van der Waals surface area contributed by atoms with E-state index in [1.165, 1.54) is 0 Å². The molecule has 5 nitrogen and oxygen atoms in total. The number of nitrogens with zero attached hydrogens (tertiary/aromatic N) is 1. The summed E-state index contributed by atoms with van der Waals surface area (Å²) in [4.78, 5) is 29.3. The minimum atomic E-state index is -0.707. The van der Waals surface area contributed by atoms with Gasteiger partial charge in [-0.3, -0.25) is 9.59 Å². The van der Waals surface area contributed by atoms with Gasteiger partial charge >= 0.3 is 0 Å². The van der Waals surface area contributed by atoms with Gasteiger partial charge in [0.2, 0.25) is 11.8 Å². The minimum Gasteiger partial charge on any atom is -0.496 e. The van der Waals surface area contributed by atoms with Gasteiger partial charge in [-0.05, 0) is 41.3 Å². The predicted octanol–water partition coefficient (Wildman–Crippen LogP) is 6.24. The molecule has 0 bridgehead atoms.